The van der Waals surface area contributed by atoms with Crippen LogP contribution in [-0.4, -0.2) is 25.0 Å². The van der Waals surface area contributed by atoms with Crippen molar-refractivity contribution in [3.8, 4) is 0 Å². The number of aldehydes is 1. The molecule has 0 fully saturated rings. The second-order valence-electron chi connectivity index (χ2n) is 1.59. The zero-order valence-corrected chi connectivity index (χ0v) is 8.60. The number of unbranched alkanes of at least 4 members (excludes halogenated alkanes) is 1. The largest absolute Gasteiger partial charge is 1.00 e. The van der Waals surface area contributed by atoms with E-state index in [1.807, 2.05) is 0 Å². The monoisotopic (exact) mass is 175 g/mol. The Labute approximate surface area is 82.0 Å². The Kier molecular flexibility index (Phi) is 8.31. The molecule has 10 heavy (non-hydrogen) atoms. The fourth-order valence-corrected chi connectivity index (χ4v) is 0.881. The second-order valence-corrected chi connectivity index (χ2v) is 3.17. The SMILES string of the molecule is O=CCCCS(=O)(=O)O.[Na+]. The average Bonchev–Trinajstić information content (AvgIpc) is 1.63. The summed E-state index contributed by atoms with van der Waals surface area (Å²) in [4.78, 5) is 9.61. The van der Waals surface area contributed by atoms with Crippen molar-refractivity contribution in [2.24, 2.45) is 0 Å². The van der Waals surface area contributed by atoms with Gasteiger partial charge in [-0.15, -0.1) is 0 Å². The van der Waals surface area contributed by atoms with Crippen molar-refractivity contribution in [2.45, 2.75) is 12.8 Å². The van der Waals surface area contributed by atoms with Crippen molar-refractivity contribution in [2.75, 3.05) is 5.75 Å². The maximum absolute atomic E-state index is 9.95. The van der Waals surface area contributed by atoms with Gasteiger partial charge in [0.15, 0.2) is 0 Å². The molecule has 0 bridgehead atoms. The van der Waals surface area contributed by atoms with Crippen molar-refractivity contribution < 1.29 is 47.3 Å². The molecule has 4 nitrogen and oxygen atoms in total. The van der Waals surface area contributed by atoms with E-state index < -0.39 is 10.1 Å². The van der Waals surface area contributed by atoms with Crippen LogP contribution in [0, 0.1) is 0 Å². The Balaban J connectivity index is 0. The molecule has 0 radical (unpaired) electrons. The van der Waals surface area contributed by atoms with E-state index >= 15 is 0 Å². The number of hydrogen-bond acceptors (Lipinski definition) is 3. The third-order valence-corrected chi connectivity index (χ3v) is 1.53. The van der Waals surface area contributed by atoms with E-state index in [2.05, 4.69) is 0 Å². The van der Waals surface area contributed by atoms with E-state index in [1.54, 1.807) is 0 Å². The van der Waals surface area contributed by atoms with Gasteiger partial charge in [-0.3, -0.25) is 4.55 Å². The average molecular weight is 175 g/mol. The van der Waals surface area contributed by atoms with Gasteiger partial charge in [0.2, 0.25) is 0 Å². The van der Waals surface area contributed by atoms with Crippen LogP contribution in [0.4, 0.5) is 0 Å². The maximum atomic E-state index is 9.95. The molecule has 0 aliphatic carbocycles. The zero-order valence-electron chi connectivity index (χ0n) is 5.78. The van der Waals surface area contributed by atoms with E-state index in [0.717, 1.165) is 0 Å². The molecule has 0 saturated carbocycles. The molecule has 0 rings (SSSR count). The first-order valence-corrected chi connectivity index (χ1v) is 4.06. The minimum atomic E-state index is -3.86. The molecule has 0 unspecified atom stereocenters. The van der Waals surface area contributed by atoms with Crippen molar-refractivity contribution in [3.63, 3.8) is 0 Å². The predicted octanol–water partition coefficient (Wildman–Crippen LogP) is -3.14. The van der Waals surface area contributed by atoms with Crippen LogP contribution in [0.1, 0.15) is 12.8 Å². The van der Waals surface area contributed by atoms with Gasteiger partial charge in [0.25, 0.3) is 10.1 Å². The molecule has 0 saturated heterocycles. The van der Waals surface area contributed by atoms with Crippen molar-refractivity contribution >= 4 is 16.4 Å². The molecule has 0 spiro atoms. The van der Waals surface area contributed by atoms with Crippen LogP contribution < -0.4 is 29.6 Å². The summed E-state index contributed by atoms with van der Waals surface area (Å²) < 4.78 is 28.0. The van der Waals surface area contributed by atoms with Gasteiger partial charge in [0, 0.05) is 6.42 Å². The third kappa shape index (κ3) is 11.4. The molecule has 0 aliphatic rings. The Morgan fingerprint density at radius 1 is 1.40 bits per heavy atom. The second kappa shape index (κ2) is 6.30. The quantitative estimate of drug-likeness (QED) is 0.212. The summed E-state index contributed by atoms with van der Waals surface area (Å²) in [5, 5.41) is 0. The summed E-state index contributed by atoms with van der Waals surface area (Å²) in [6.45, 7) is 0. The zero-order chi connectivity index (χ0) is 7.33. The summed E-state index contributed by atoms with van der Waals surface area (Å²) in [5.74, 6) is -0.328. The Bertz CT molecular complexity index is 174. The van der Waals surface area contributed by atoms with Gasteiger partial charge >= 0.3 is 29.6 Å². The molecule has 0 aromatic heterocycles. The van der Waals surface area contributed by atoms with Crippen LogP contribution in [0.15, 0.2) is 0 Å². The first-order chi connectivity index (χ1) is 4.06. The molecule has 0 heterocycles. The Morgan fingerprint density at radius 2 is 1.90 bits per heavy atom. The standard InChI is InChI=1S/C4H8O4S.Na/c5-3-1-2-4-9(6,7)8;/h3H,1-2,4H2,(H,6,7,8);/q;+1. The van der Waals surface area contributed by atoms with E-state index in [1.165, 1.54) is 0 Å². The molecular formula is C4H8NaO4S+. The summed E-state index contributed by atoms with van der Waals surface area (Å²) in [7, 11) is -3.86. The minimum absolute atomic E-state index is 0. The summed E-state index contributed by atoms with van der Waals surface area (Å²) in [6, 6.07) is 0. The first kappa shape index (κ1) is 13.2. The van der Waals surface area contributed by atoms with Crippen LogP contribution in [0.3, 0.4) is 0 Å². The van der Waals surface area contributed by atoms with Crippen LogP contribution in [-0.2, 0) is 14.9 Å². The van der Waals surface area contributed by atoms with Crippen molar-refractivity contribution in [3.05, 3.63) is 0 Å². The molecule has 0 aromatic rings. The molecule has 6 heteroatoms. The number of carbonyl (C=O) groups is 1. The van der Waals surface area contributed by atoms with E-state index in [4.69, 9.17) is 4.55 Å². The minimum Gasteiger partial charge on any atom is -0.303 e. The van der Waals surface area contributed by atoms with Gasteiger partial charge in [0.1, 0.15) is 6.29 Å². The molecule has 0 atom stereocenters. The van der Waals surface area contributed by atoms with Crippen molar-refractivity contribution in [1.82, 2.24) is 0 Å². The van der Waals surface area contributed by atoms with Gasteiger partial charge in [-0.2, -0.15) is 8.42 Å². The van der Waals surface area contributed by atoms with E-state index in [0.29, 0.717) is 6.29 Å². The smallest absolute Gasteiger partial charge is 0.303 e. The van der Waals surface area contributed by atoms with E-state index in [9.17, 15) is 13.2 Å². The number of rotatable bonds is 4. The number of carbonyl (C=O) groups excluding carboxylic acids is 1. The van der Waals surface area contributed by atoms with E-state index in [-0.39, 0.29) is 48.2 Å². The molecule has 0 aliphatic heterocycles. The molecule has 0 aromatic carbocycles. The predicted molar refractivity (Wildman–Crippen MR) is 31.7 cm³/mol. The number of hydrogen-bond donors (Lipinski definition) is 1. The molecule has 54 valence electrons. The van der Waals surface area contributed by atoms with Crippen LogP contribution in [0.25, 0.3) is 0 Å². The van der Waals surface area contributed by atoms with Crippen molar-refractivity contribution in [1.29, 1.82) is 0 Å². The van der Waals surface area contributed by atoms with Gasteiger partial charge in [-0.1, -0.05) is 0 Å². The van der Waals surface area contributed by atoms with Gasteiger partial charge in [-0.05, 0) is 6.42 Å². The van der Waals surface area contributed by atoms with Crippen LogP contribution >= 0.6 is 0 Å². The van der Waals surface area contributed by atoms with Gasteiger partial charge in [-0.25, -0.2) is 0 Å². The Hall–Kier alpha value is 0.580. The fraction of sp³-hybridized carbons (Fsp3) is 0.750. The Morgan fingerprint density at radius 3 is 2.20 bits per heavy atom. The third-order valence-electron chi connectivity index (χ3n) is 0.724. The van der Waals surface area contributed by atoms with Gasteiger partial charge in [0.05, 0.1) is 5.75 Å². The normalized spacial score (nSPS) is 10.1. The maximum Gasteiger partial charge on any atom is 1.00 e. The summed E-state index contributed by atoms with van der Waals surface area (Å²) in [6.07, 6.45) is 0.993. The fourth-order valence-electron chi connectivity index (χ4n) is 0.349. The molecular weight excluding hydrogens is 167 g/mol. The molecule has 0 amide bonds. The van der Waals surface area contributed by atoms with Crippen LogP contribution in [0.5, 0.6) is 0 Å². The summed E-state index contributed by atoms with van der Waals surface area (Å²) in [5.41, 5.74) is 0. The first-order valence-electron chi connectivity index (χ1n) is 2.45. The van der Waals surface area contributed by atoms with Gasteiger partial charge < -0.3 is 4.79 Å². The topological polar surface area (TPSA) is 71.4 Å². The van der Waals surface area contributed by atoms with Crippen LogP contribution in [0.2, 0.25) is 0 Å². The summed E-state index contributed by atoms with van der Waals surface area (Å²) >= 11 is 0. The molecule has 1 N–H and O–H groups in total.